The molecule has 1 aromatic carbocycles. The summed E-state index contributed by atoms with van der Waals surface area (Å²) in [5.74, 6) is 0.748. The Balaban J connectivity index is 1.48. The second-order valence-corrected chi connectivity index (χ2v) is 6.07. The van der Waals surface area contributed by atoms with Gasteiger partial charge in [-0.3, -0.25) is 9.69 Å². The number of hydrogen-bond donors (Lipinski definition) is 0. The fraction of sp³-hybridized carbons (Fsp3) is 0.588. The van der Waals surface area contributed by atoms with E-state index in [-0.39, 0.29) is 0 Å². The lowest BCUT2D eigenvalue weighted by Crippen LogP contribution is -2.49. The lowest BCUT2D eigenvalue weighted by Gasteiger charge is -2.36. The summed E-state index contributed by atoms with van der Waals surface area (Å²) in [6.07, 6.45) is 4.71. The monoisotopic (exact) mass is 272 g/mol. The minimum atomic E-state index is 0.329. The molecule has 1 aromatic rings. The highest BCUT2D eigenvalue weighted by Gasteiger charge is 2.29. The summed E-state index contributed by atoms with van der Waals surface area (Å²) in [6.45, 7) is 4.83. The van der Waals surface area contributed by atoms with Crippen LogP contribution in [-0.2, 0) is 11.3 Å². The number of rotatable bonds is 3. The van der Waals surface area contributed by atoms with Crippen LogP contribution >= 0.6 is 0 Å². The largest absolute Gasteiger partial charge is 0.340 e. The molecule has 1 aliphatic carbocycles. The van der Waals surface area contributed by atoms with Crippen molar-refractivity contribution in [3.63, 3.8) is 0 Å². The molecule has 2 aliphatic rings. The molecule has 0 bridgehead atoms. The number of carbonyl (C=O) groups excluding carboxylic acids is 1. The van der Waals surface area contributed by atoms with Gasteiger partial charge in [0.1, 0.15) is 0 Å². The summed E-state index contributed by atoms with van der Waals surface area (Å²) in [5.41, 5.74) is 1.36. The third kappa shape index (κ3) is 3.21. The van der Waals surface area contributed by atoms with Crippen LogP contribution in [0.5, 0.6) is 0 Å². The first-order valence-electron chi connectivity index (χ1n) is 7.88. The van der Waals surface area contributed by atoms with Crippen molar-refractivity contribution in [1.82, 2.24) is 9.80 Å². The molecule has 0 N–H and O–H groups in total. The first-order valence-corrected chi connectivity index (χ1v) is 7.88. The van der Waals surface area contributed by atoms with E-state index in [1.807, 2.05) is 0 Å². The number of amides is 1. The number of carbonyl (C=O) groups is 1. The van der Waals surface area contributed by atoms with E-state index in [1.165, 1.54) is 18.4 Å². The van der Waals surface area contributed by atoms with E-state index < -0.39 is 0 Å². The van der Waals surface area contributed by atoms with Gasteiger partial charge < -0.3 is 4.90 Å². The third-order valence-electron chi connectivity index (χ3n) is 4.64. The smallest absolute Gasteiger partial charge is 0.225 e. The molecule has 0 unspecified atom stereocenters. The van der Waals surface area contributed by atoms with Crippen LogP contribution in [-0.4, -0.2) is 41.9 Å². The Morgan fingerprint density at radius 2 is 1.65 bits per heavy atom. The molecule has 20 heavy (non-hydrogen) atoms. The normalized spacial score (nSPS) is 21.3. The van der Waals surface area contributed by atoms with Gasteiger partial charge in [-0.25, -0.2) is 0 Å². The quantitative estimate of drug-likeness (QED) is 0.844. The minimum absolute atomic E-state index is 0.329. The van der Waals surface area contributed by atoms with Crippen LogP contribution in [0.25, 0.3) is 0 Å². The van der Waals surface area contributed by atoms with E-state index in [2.05, 4.69) is 40.1 Å². The maximum Gasteiger partial charge on any atom is 0.225 e. The second-order valence-electron chi connectivity index (χ2n) is 6.07. The first kappa shape index (κ1) is 13.6. The maximum atomic E-state index is 12.4. The molecule has 0 radical (unpaired) electrons. The van der Waals surface area contributed by atoms with E-state index >= 15 is 0 Å². The van der Waals surface area contributed by atoms with E-state index in [1.54, 1.807) is 0 Å². The molecule has 1 aliphatic heterocycles. The van der Waals surface area contributed by atoms with E-state index in [4.69, 9.17) is 0 Å². The van der Waals surface area contributed by atoms with E-state index in [0.717, 1.165) is 45.6 Å². The molecule has 0 spiro atoms. The van der Waals surface area contributed by atoms with Crippen molar-refractivity contribution in [2.24, 2.45) is 5.92 Å². The maximum absolute atomic E-state index is 12.4. The average molecular weight is 272 g/mol. The fourth-order valence-electron chi connectivity index (χ4n) is 3.40. The van der Waals surface area contributed by atoms with Gasteiger partial charge in [-0.05, 0) is 18.4 Å². The summed E-state index contributed by atoms with van der Waals surface area (Å²) in [7, 11) is 0. The third-order valence-corrected chi connectivity index (χ3v) is 4.64. The summed E-state index contributed by atoms with van der Waals surface area (Å²) in [4.78, 5) is 16.9. The number of benzene rings is 1. The highest BCUT2D eigenvalue weighted by molar-refractivity contribution is 5.79. The van der Waals surface area contributed by atoms with Gasteiger partial charge in [0.2, 0.25) is 5.91 Å². The summed E-state index contributed by atoms with van der Waals surface area (Å²) < 4.78 is 0. The summed E-state index contributed by atoms with van der Waals surface area (Å²) >= 11 is 0. The van der Waals surface area contributed by atoms with Crippen LogP contribution in [0.4, 0.5) is 0 Å². The Labute approximate surface area is 121 Å². The first-order chi connectivity index (χ1) is 9.83. The summed E-state index contributed by atoms with van der Waals surface area (Å²) in [5, 5.41) is 0. The van der Waals surface area contributed by atoms with Gasteiger partial charge in [0.15, 0.2) is 0 Å². The standard InChI is InChI=1S/C17H24N2O/c20-17(16-8-4-5-9-16)19-12-10-18(11-13-19)14-15-6-2-1-3-7-15/h1-3,6-7,16H,4-5,8-14H2. The SMILES string of the molecule is O=C(C1CCCC1)N1CCN(Cc2ccccc2)CC1. The molecule has 1 saturated heterocycles. The highest BCUT2D eigenvalue weighted by Crippen LogP contribution is 2.27. The Hall–Kier alpha value is -1.35. The number of piperazine rings is 1. The lowest BCUT2D eigenvalue weighted by atomic mass is 10.1. The minimum Gasteiger partial charge on any atom is -0.340 e. The van der Waals surface area contributed by atoms with Crippen LogP contribution < -0.4 is 0 Å². The van der Waals surface area contributed by atoms with Gasteiger partial charge >= 0.3 is 0 Å². The van der Waals surface area contributed by atoms with Gasteiger partial charge in [0.05, 0.1) is 0 Å². The summed E-state index contributed by atoms with van der Waals surface area (Å²) in [6, 6.07) is 10.6. The molecule has 3 rings (SSSR count). The predicted octanol–water partition coefficient (Wildman–Crippen LogP) is 2.52. The Bertz CT molecular complexity index is 432. The van der Waals surface area contributed by atoms with E-state index in [9.17, 15) is 4.79 Å². The van der Waals surface area contributed by atoms with Crippen molar-refractivity contribution in [1.29, 1.82) is 0 Å². The van der Waals surface area contributed by atoms with Crippen LogP contribution in [0.2, 0.25) is 0 Å². The zero-order valence-electron chi connectivity index (χ0n) is 12.1. The van der Waals surface area contributed by atoms with Crippen LogP contribution in [0, 0.1) is 5.92 Å². The van der Waals surface area contributed by atoms with Crippen LogP contribution in [0.3, 0.4) is 0 Å². The zero-order valence-corrected chi connectivity index (χ0v) is 12.1. The zero-order chi connectivity index (χ0) is 13.8. The molecule has 3 heteroatoms. The van der Waals surface area contributed by atoms with Gasteiger partial charge in [-0.2, -0.15) is 0 Å². The molecular formula is C17H24N2O. The second kappa shape index (κ2) is 6.40. The van der Waals surface area contributed by atoms with E-state index in [0.29, 0.717) is 11.8 Å². The van der Waals surface area contributed by atoms with Gasteiger partial charge in [-0.1, -0.05) is 43.2 Å². The fourth-order valence-corrected chi connectivity index (χ4v) is 3.40. The van der Waals surface area contributed by atoms with Crippen molar-refractivity contribution in [2.75, 3.05) is 26.2 Å². The van der Waals surface area contributed by atoms with Crippen LogP contribution in [0.15, 0.2) is 30.3 Å². The molecular weight excluding hydrogens is 248 g/mol. The van der Waals surface area contributed by atoms with Crippen molar-refractivity contribution in [2.45, 2.75) is 32.2 Å². The Kier molecular flexibility index (Phi) is 4.36. The van der Waals surface area contributed by atoms with Crippen molar-refractivity contribution >= 4 is 5.91 Å². The molecule has 1 amide bonds. The molecule has 1 heterocycles. The number of hydrogen-bond acceptors (Lipinski definition) is 2. The van der Waals surface area contributed by atoms with Crippen LogP contribution in [0.1, 0.15) is 31.2 Å². The molecule has 1 saturated carbocycles. The Morgan fingerprint density at radius 3 is 2.30 bits per heavy atom. The molecule has 108 valence electrons. The molecule has 2 fully saturated rings. The van der Waals surface area contributed by atoms with Crippen molar-refractivity contribution in [3.8, 4) is 0 Å². The van der Waals surface area contributed by atoms with Crippen molar-refractivity contribution in [3.05, 3.63) is 35.9 Å². The van der Waals surface area contributed by atoms with Gasteiger partial charge in [0, 0.05) is 38.6 Å². The number of nitrogens with zero attached hydrogens (tertiary/aromatic N) is 2. The molecule has 0 atom stereocenters. The van der Waals surface area contributed by atoms with Gasteiger partial charge in [0.25, 0.3) is 0 Å². The van der Waals surface area contributed by atoms with Gasteiger partial charge in [-0.15, -0.1) is 0 Å². The lowest BCUT2D eigenvalue weighted by molar-refractivity contribution is -0.137. The Morgan fingerprint density at radius 1 is 1.00 bits per heavy atom. The topological polar surface area (TPSA) is 23.6 Å². The van der Waals surface area contributed by atoms with Crippen molar-refractivity contribution < 1.29 is 4.79 Å². The predicted molar refractivity (Wildman–Crippen MR) is 80.3 cm³/mol. The highest BCUT2D eigenvalue weighted by atomic mass is 16.2. The molecule has 0 aromatic heterocycles. The molecule has 3 nitrogen and oxygen atoms in total. The average Bonchev–Trinajstić information content (AvgIpc) is 3.03.